The summed E-state index contributed by atoms with van der Waals surface area (Å²) in [5.74, 6) is -0.286. The predicted molar refractivity (Wildman–Crippen MR) is 109 cm³/mol. The molecule has 3 aromatic rings. The summed E-state index contributed by atoms with van der Waals surface area (Å²) in [6, 6.07) is 10.8. The number of aromatic nitrogens is 1. The van der Waals surface area contributed by atoms with Gasteiger partial charge in [-0.15, -0.1) is 23.1 Å². The molecule has 0 radical (unpaired) electrons. The van der Waals surface area contributed by atoms with Gasteiger partial charge in [-0.25, -0.2) is 4.98 Å². The molecule has 0 fully saturated rings. The van der Waals surface area contributed by atoms with Gasteiger partial charge in [0, 0.05) is 12.1 Å². The number of rotatable bonds is 6. The first-order chi connectivity index (χ1) is 12.6. The molecule has 0 unspecified atom stereocenters. The topological polar surface area (TPSA) is 71.1 Å². The van der Waals surface area contributed by atoms with Crippen LogP contribution in [0.5, 0.6) is 0 Å². The molecule has 26 heavy (non-hydrogen) atoms. The van der Waals surface area contributed by atoms with Crippen LogP contribution in [0.25, 0.3) is 0 Å². The summed E-state index contributed by atoms with van der Waals surface area (Å²) in [7, 11) is 0. The van der Waals surface area contributed by atoms with Crippen molar-refractivity contribution < 1.29 is 9.59 Å². The maximum Gasteiger partial charge on any atom is 0.261 e. The fourth-order valence-electron chi connectivity index (χ4n) is 2.25. The van der Waals surface area contributed by atoms with E-state index in [0.717, 1.165) is 15.5 Å². The highest BCUT2D eigenvalue weighted by Gasteiger charge is 2.12. The van der Waals surface area contributed by atoms with Crippen LogP contribution < -0.4 is 10.6 Å². The molecule has 0 aliphatic rings. The van der Waals surface area contributed by atoms with Gasteiger partial charge in [0.05, 0.1) is 14.8 Å². The van der Waals surface area contributed by atoms with E-state index in [2.05, 4.69) is 15.6 Å². The largest absolute Gasteiger partial charge is 0.347 e. The van der Waals surface area contributed by atoms with Crippen molar-refractivity contribution >= 4 is 51.4 Å². The number of thioether (sulfide) groups is 1. The van der Waals surface area contributed by atoms with Crippen LogP contribution in [0.4, 0.5) is 5.13 Å². The Hall–Kier alpha value is -2.16. The lowest BCUT2D eigenvalue weighted by Gasteiger charge is -2.06. The number of hydrogen-bond acceptors (Lipinski definition) is 6. The van der Waals surface area contributed by atoms with Crippen LogP contribution in [0, 0.1) is 6.92 Å². The summed E-state index contributed by atoms with van der Waals surface area (Å²) in [4.78, 5) is 29.3. The molecule has 8 heteroatoms. The van der Waals surface area contributed by atoms with Crippen molar-refractivity contribution in [1.29, 1.82) is 0 Å². The molecule has 0 bridgehead atoms. The molecule has 1 aromatic carbocycles. The minimum atomic E-state index is -0.194. The molecule has 0 saturated carbocycles. The van der Waals surface area contributed by atoms with E-state index >= 15 is 0 Å². The van der Waals surface area contributed by atoms with Gasteiger partial charge in [0.2, 0.25) is 0 Å². The molecular weight excluding hydrogens is 386 g/mol. The molecule has 134 valence electrons. The first-order valence-corrected chi connectivity index (χ1v) is 10.7. The lowest BCUT2D eigenvalue weighted by Crippen LogP contribution is -2.21. The maximum atomic E-state index is 12.3. The predicted octanol–water partition coefficient (Wildman–Crippen LogP) is 4.42. The highest BCUT2D eigenvalue weighted by Crippen LogP contribution is 2.30. The second kappa shape index (κ2) is 8.48. The van der Waals surface area contributed by atoms with E-state index in [4.69, 9.17) is 0 Å². The van der Waals surface area contributed by atoms with Gasteiger partial charge in [-0.1, -0.05) is 29.5 Å². The van der Waals surface area contributed by atoms with Crippen LogP contribution in [-0.2, 0) is 6.54 Å². The van der Waals surface area contributed by atoms with Crippen molar-refractivity contribution in [2.75, 3.05) is 11.6 Å². The van der Waals surface area contributed by atoms with Crippen molar-refractivity contribution in [3.63, 3.8) is 0 Å². The van der Waals surface area contributed by atoms with Crippen LogP contribution in [0.1, 0.15) is 31.3 Å². The first kappa shape index (κ1) is 18.6. The molecular formula is C18H17N3O2S3. The fraction of sp³-hybridized carbons (Fsp3) is 0.167. The van der Waals surface area contributed by atoms with Gasteiger partial charge in [-0.05, 0) is 42.3 Å². The summed E-state index contributed by atoms with van der Waals surface area (Å²) in [6.07, 6.45) is 1.99. The third kappa shape index (κ3) is 4.51. The highest BCUT2D eigenvalue weighted by atomic mass is 32.2. The molecule has 2 heterocycles. The van der Waals surface area contributed by atoms with Gasteiger partial charge in [0.25, 0.3) is 11.8 Å². The maximum absolute atomic E-state index is 12.3. The lowest BCUT2D eigenvalue weighted by atomic mass is 10.1. The summed E-state index contributed by atoms with van der Waals surface area (Å²) in [5, 5.41) is 8.16. The second-order valence-corrected chi connectivity index (χ2v) is 8.43. The van der Waals surface area contributed by atoms with Gasteiger partial charge >= 0.3 is 0 Å². The summed E-state index contributed by atoms with van der Waals surface area (Å²) >= 11 is 4.49. The number of carbonyl (C=O) groups is 2. The Morgan fingerprint density at radius 3 is 2.54 bits per heavy atom. The van der Waals surface area contributed by atoms with Crippen molar-refractivity contribution in [3.05, 3.63) is 63.5 Å². The standard InChI is InChI=1S/C18H17N3O2S3/c1-11-17(24-2)26-18(20-11)21-15(22)13-7-5-12(6-8-13)10-19-16(23)14-4-3-9-25-14/h3-9H,10H2,1-2H3,(H,19,23)(H,20,21,22). The minimum Gasteiger partial charge on any atom is -0.347 e. The number of amides is 2. The Bertz CT molecular complexity index is 902. The second-order valence-electron chi connectivity index (χ2n) is 5.41. The minimum absolute atomic E-state index is 0.0921. The normalized spacial score (nSPS) is 10.5. The van der Waals surface area contributed by atoms with Crippen molar-refractivity contribution in [2.24, 2.45) is 0 Å². The molecule has 0 atom stereocenters. The number of hydrogen-bond donors (Lipinski definition) is 2. The molecule has 0 spiro atoms. The van der Waals surface area contributed by atoms with Crippen LogP contribution in [-0.4, -0.2) is 23.1 Å². The Balaban J connectivity index is 1.58. The smallest absolute Gasteiger partial charge is 0.261 e. The zero-order valence-electron chi connectivity index (χ0n) is 14.2. The zero-order chi connectivity index (χ0) is 18.5. The van der Waals surface area contributed by atoms with Crippen LogP contribution in [0.2, 0.25) is 0 Å². The molecule has 3 rings (SSSR count). The third-order valence-electron chi connectivity index (χ3n) is 3.57. The number of thiazole rings is 1. The monoisotopic (exact) mass is 403 g/mol. The number of nitrogens with one attached hydrogen (secondary N) is 2. The summed E-state index contributed by atoms with van der Waals surface area (Å²) in [5.41, 5.74) is 2.41. The average Bonchev–Trinajstić information content (AvgIpc) is 3.29. The van der Waals surface area contributed by atoms with E-state index in [1.807, 2.05) is 36.8 Å². The number of benzene rings is 1. The van der Waals surface area contributed by atoms with Gasteiger partial charge in [0.15, 0.2) is 5.13 Å². The molecule has 0 aliphatic heterocycles. The van der Waals surface area contributed by atoms with E-state index in [-0.39, 0.29) is 11.8 Å². The molecule has 2 amide bonds. The number of thiophene rings is 1. The van der Waals surface area contributed by atoms with Crippen molar-refractivity contribution in [3.8, 4) is 0 Å². The van der Waals surface area contributed by atoms with E-state index in [0.29, 0.717) is 22.1 Å². The third-order valence-corrected chi connectivity index (χ3v) is 6.73. The summed E-state index contributed by atoms with van der Waals surface area (Å²) in [6.45, 7) is 2.35. The molecule has 5 nitrogen and oxygen atoms in total. The Morgan fingerprint density at radius 2 is 1.92 bits per heavy atom. The van der Waals surface area contributed by atoms with E-state index < -0.39 is 0 Å². The Labute approximate surface area is 163 Å². The molecule has 2 aromatic heterocycles. The van der Waals surface area contributed by atoms with Gasteiger partial charge in [-0.3, -0.25) is 14.9 Å². The van der Waals surface area contributed by atoms with Gasteiger partial charge < -0.3 is 5.32 Å². The van der Waals surface area contributed by atoms with E-state index in [9.17, 15) is 9.59 Å². The number of anilines is 1. The van der Waals surface area contributed by atoms with E-state index in [1.54, 1.807) is 30.0 Å². The fourth-order valence-corrected chi connectivity index (χ4v) is 4.49. The Morgan fingerprint density at radius 1 is 1.15 bits per heavy atom. The highest BCUT2D eigenvalue weighted by molar-refractivity contribution is 8.00. The van der Waals surface area contributed by atoms with Crippen molar-refractivity contribution in [1.82, 2.24) is 10.3 Å². The SMILES string of the molecule is CSc1sc(NC(=O)c2ccc(CNC(=O)c3cccs3)cc2)nc1C. The average molecular weight is 404 g/mol. The number of aryl methyl sites for hydroxylation is 1. The van der Waals surface area contributed by atoms with Gasteiger partial charge in [-0.2, -0.15) is 0 Å². The van der Waals surface area contributed by atoms with Crippen LogP contribution in [0.15, 0.2) is 46.0 Å². The zero-order valence-corrected chi connectivity index (χ0v) is 16.7. The number of carbonyl (C=O) groups excluding carboxylic acids is 2. The van der Waals surface area contributed by atoms with E-state index in [1.165, 1.54) is 22.7 Å². The van der Waals surface area contributed by atoms with Crippen molar-refractivity contribution in [2.45, 2.75) is 17.7 Å². The lowest BCUT2D eigenvalue weighted by molar-refractivity contribution is 0.0953. The number of nitrogens with zero attached hydrogens (tertiary/aromatic N) is 1. The molecule has 0 aliphatic carbocycles. The quantitative estimate of drug-likeness (QED) is 0.598. The Kier molecular flexibility index (Phi) is 6.08. The summed E-state index contributed by atoms with van der Waals surface area (Å²) < 4.78 is 1.09. The van der Waals surface area contributed by atoms with Crippen LogP contribution >= 0.6 is 34.4 Å². The first-order valence-electron chi connectivity index (χ1n) is 7.80. The van der Waals surface area contributed by atoms with Crippen LogP contribution in [0.3, 0.4) is 0 Å². The molecule has 2 N–H and O–H groups in total. The van der Waals surface area contributed by atoms with Gasteiger partial charge in [0.1, 0.15) is 0 Å². The molecule has 0 saturated heterocycles.